The van der Waals surface area contributed by atoms with E-state index in [9.17, 15) is 0 Å². The molecule has 4 nitrogen and oxygen atoms in total. The minimum atomic E-state index is 0.293. The molecular formula is C14H16ClN3O. The molecule has 0 atom stereocenters. The lowest BCUT2D eigenvalue weighted by molar-refractivity contribution is 0.413. The summed E-state index contributed by atoms with van der Waals surface area (Å²) in [5, 5.41) is 3.49. The Hall–Kier alpha value is -1.81. The smallest absolute Gasteiger partial charge is 0.199 e. The molecule has 0 fully saturated rings. The number of nitrogens with one attached hydrogen (secondary N) is 1. The zero-order valence-corrected chi connectivity index (χ0v) is 12.0. The van der Waals surface area contributed by atoms with E-state index in [1.54, 1.807) is 7.11 Å². The summed E-state index contributed by atoms with van der Waals surface area (Å²) >= 11 is 5.96. The van der Waals surface area contributed by atoms with Crippen LogP contribution < -0.4 is 10.1 Å². The maximum atomic E-state index is 5.96. The second-order valence-electron chi connectivity index (χ2n) is 4.17. The highest BCUT2D eigenvalue weighted by Crippen LogP contribution is 2.31. The number of halogens is 1. The van der Waals surface area contributed by atoms with Crippen molar-refractivity contribution in [1.82, 2.24) is 9.97 Å². The molecule has 1 aromatic heterocycles. The minimum absolute atomic E-state index is 0.293. The molecule has 0 spiro atoms. The topological polar surface area (TPSA) is 47.0 Å². The Morgan fingerprint density at radius 3 is 2.74 bits per heavy atom. The van der Waals surface area contributed by atoms with Crippen LogP contribution in [-0.4, -0.2) is 17.1 Å². The summed E-state index contributed by atoms with van der Waals surface area (Å²) < 4.78 is 5.20. The Bertz CT molecular complexity index is 587. The highest BCUT2D eigenvalue weighted by Gasteiger charge is 2.10. The highest BCUT2D eigenvalue weighted by molar-refractivity contribution is 6.31. The summed E-state index contributed by atoms with van der Waals surface area (Å²) in [6, 6.07) is 6.20. The van der Waals surface area contributed by atoms with Gasteiger partial charge in [-0.2, -0.15) is 0 Å². The Labute approximate surface area is 117 Å². The molecule has 0 radical (unpaired) electrons. The molecule has 19 heavy (non-hydrogen) atoms. The van der Waals surface area contributed by atoms with Crippen molar-refractivity contribution in [3.8, 4) is 5.75 Å². The van der Waals surface area contributed by atoms with Crippen molar-refractivity contribution in [3.63, 3.8) is 0 Å². The van der Waals surface area contributed by atoms with E-state index in [1.165, 1.54) is 17.5 Å². The van der Waals surface area contributed by atoms with Crippen LogP contribution in [0.2, 0.25) is 5.15 Å². The first-order valence-electron chi connectivity index (χ1n) is 6.06. The van der Waals surface area contributed by atoms with Crippen LogP contribution in [0.4, 0.5) is 11.5 Å². The van der Waals surface area contributed by atoms with Gasteiger partial charge < -0.3 is 10.1 Å². The fourth-order valence-corrected chi connectivity index (χ4v) is 2.14. The van der Waals surface area contributed by atoms with E-state index in [0.29, 0.717) is 16.7 Å². The molecule has 0 aliphatic heterocycles. The molecule has 0 bridgehead atoms. The number of aromatic nitrogens is 2. The minimum Gasteiger partial charge on any atom is -0.490 e. The Morgan fingerprint density at radius 2 is 2.11 bits per heavy atom. The lowest BCUT2D eigenvalue weighted by atomic mass is 10.1. The van der Waals surface area contributed by atoms with Crippen LogP contribution >= 0.6 is 11.6 Å². The Kier molecular flexibility index (Phi) is 4.22. The fraction of sp³-hybridized carbons (Fsp3) is 0.286. The highest BCUT2D eigenvalue weighted by atomic mass is 35.5. The molecule has 0 saturated carbocycles. The third-order valence-electron chi connectivity index (χ3n) is 2.95. The number of aryl methyl sites for hydroxylation is 2. The van der Waals surface area contributed by atoms with E-state index < -0.39 is 0 Å². The zero-order valence-electron chi connectivity index (χ0n) is 11.2. The quantitative estimate of drug-likeness (QED) is 0.865. The molecule has 2 aromatic rings. The number of benzene rings is 1. The summed E-state index contributed by atoms with van der Waals surface area (Å²) in [7, 11) is 1.54. The largest absolute Gasteiger partial charge is 0.490 e. The monoisotopic (exact) mass is 277 g/mol. The third kappa shape index (κ3) is 2.96. The third-order valence-corrected chi connectivity index (χ3v) is 3.22. The van der Waals surface area contributed by atoms with Crippen LogP contribution in [0.5, 0.6) is 5.75 Å². The number of ether oxygens (including phenoxy) is 1. The summed E-state index contributed by atoms with van der Waals surface area (Å²) in [6.07, 6.45) is 2.43. The molecule has 1 N–H and O–H groups in total. The number of rotatable bonds is 4. The van der Waals surface area contributed by atoms with Gasteiger partial charge in [-0.25, -0.2) is 9.97 Å². The van der Waals surface area contributed by atoms with Crippen LogP contribution in [0.3, 0.4) is 0 Å². The molecule has 0 amide bonds. The lowest BCUT2D eigenvalue weighted by Crippen LogP contribution is -2.00. The van der Waals surface area contributed by atoms with E-state index in [1.807, 2.05) is 6.07 Å². The lowest BCUT2D eigenvalue weighted by Gasteiger charge is -2.12. The second kappa shape index (κ2) is 5.89. The number of hydrogen-bond acceptors (Lipinski definition) is 4. The first kappa shape index (κ1) is 13.6. The molecule has 0 aliphatic rings. The van der Waals surface area contributed by atoms with Crippen molar-refractivity contribution in [2.75, 3.05) is 12.4 Å². The number of hydrogen-bond donors (Lipinski definition) is 1. The van der Waals surface area contributed by atoms with Crippen molar-refractivity contribution in [1.29, 1.82) is 0 Å². The summed E-state index contributed by atoms with van der Waals surface area (Å²) in [5.41, 5.74) is 3.52. The molecule has 1 heterocycles. The molecule has 0 aliphatic carbocycles. The van der Waals surface area contributed by atoms with Gasteiger partial charge in [0.05, 0.1) is 7.11 Å². The van der Waals surface area contributed by atoms with Gasteiger partial charge in [0.15, 0.2) is 16.7 Å². The van der Waals surface area contributed by atoms with Crippen LogP contribution in [0.15, 0.2) is 24.5 Å². The molecular weight excluding hydrogens is 262 g/mol. The van der Waals surface area contributed by atoms with Crippen LogP contribution in [0.1, 0.15) is 18.1 Å². The predicted octanol–water partition coefficient (Wildman–Crippen LogP) is 3.75. The van der Waals surface area contributed by atoms with E-state index >= 15 is 0 Å². The van der Waals surface area contributed by atoms with Crippen molar-refractivity contribution in [2.45, 2.75) is 20.3 Å². The Balaban J connectivity index is 2.31. The van der Waals surface area contributed by atoms with Crippen LogP contribution in [-0.2, 0) is 6.42 Å². The SMILES string of the molecule is CCc1ccc(Nc2ncnc(Cl)c2OC)cc1C. The standard InChI is InChI=1S/C14H16ClN3O/c1-4-10-5-6-11(7-9(10)2)18-14-12(19-3)13(15)16-8-17-14/h5-8H,4H2,1-3H3,(H,16,17,18). The molecule has 2 rings (SSSR count). The molecule has 1 aromatic carbocycles. The van der Waals surface area contributed by atoms with Gasteiger partial charge in [-0.1, -0.05) is 24.6 Å². The molecule has 0 unspecified atom stereocenters. The molecule has 5 heteroatoms. The van der Waals surface area contributed by atoms with Crippen molar-refractivity contribution in [2.24, 2.45) is 0 Å². The predicted molar refractivity (Wildman–Crippen MR) is 77.4 cm³/mol. The maximum Gasteiger partial charge on any atom is 0.199 e. The van der Waals surface area contributed by atoms with Crippen molar-refractivity contribution in [3.05, 3.63) is 40.8 Å². The average molecular weight is 278 g/mol. The van der Waals surface area contributed by atoms with E-state index in [4.69, 9.17) is 16.3 Å². The zero-order chi connectivity index (χ0) is 13.8. The van der Waals surface area contributed by atoms with E-state index in [0.717, 1.165) is 12.1 Å². The van der Waals surface area contributed by atoms with E-state index in [-0.39, 0.29) is 0 Å². The first-order valence-corrected chi connectivity index (χ1v) is 6.44. The summed E-state index contributed by atoms with van der Waals surface area (Å²) in [6.45, 7) is 4.23. The number of anilines is 2. The van der Waals surface area contributed by atoms with Gasteiger partial charge in [0.25, 0.3) is 0 Å². The van der Waals surface area contributed by atoms with Crippen LogP contribution in [0.25, 0.3) is 0 Å². The summed E-state index contributed by atoms with van der Waals surface area (Å²) in [5.74, 6) is 1.01. The number of nitrogens with zero attached hydrogens (tertiary/aromatic N) is 2. The average Bonchev–Trinajstić information content (AvgIpc) is 2.39. The molecule has 100 valence electrons. The Morgan fingerprint density at radius 1 is 1.32 bits per heavy atom. The first-order chi connectivity index (χ1) is 9.15. The van der Waals surface area contributed by atoms with E-state index in [2.05, 4.69) is 41.3 Å². The fourth-order valence-electron chi connectivity index (χ4n) is 1.93. The van der Waals surface area contributed by atoms with Gasteiger partial charge in [-0.3, -0.25) is 0 Å². The van der Waals surface area contributed by atoms with Gasteiger partial charge in [0.1, 0.15) is 6.33 Å². The number of methoxy groups -OCH3 is 1. The normalized spacial score (nSPS) is 10.3. The van der Waals surface area contributed by atoms with Gasteiger partial charge in [-0.05, 0) is 36.6 Å². The summed E-state index contributed by atoms with van der Waals surface area (Å²) in [4.78, 5) is 8.03. The van der Waals surface area contributed by atoms with Gasteiger partial charge in [0.2, 0.25) is 0 Å². The van der Waals surface area contributed by atoms with Crippen molar-refractivity contribution >= 4 is 23.1 Å². The van der Waals surface area contributed by atoms with Gasteiger partial charge in [-0.15, -0.1) is 0 Å². The van der Waals surface area contributed by atoms with Gasteiger partial charge >= 0.3 is 0 Å². The van der Waals surface area contributed by atoms with Crippen LogP contribution in [0, 0.1) is 6.92 Å². The maximum absolute atomic E-state index is 5.96. The second-order valence-corrected chi connectivity index (χ2v) is 4.52. The van der Waals surface area contributed by atoms with Crippen molar-refractivity contribution < 1.29 is 4.74 Å². The molecule has 0 saturated heterocycles. The van der Waals surface area contributed by atoms with Gasteiger partial charge in [0, 0.05) is 5.69 Å².